The van der Waals surface area contributed by atoms with Crippen molar-refractivity contribution in [1.82, 2.24) is 0 Å². The lowest BCUT2D eigenvalue weighted by Gasteiger charge is -2.47. The summed E-state index contributed by atoms with van der Waals surface area (Å²) < 4.78 is 7.87. The van der Waals surface area contributed by atoms with Crippen LogP contribution >= 0.6 is 0 Å². The van der Waals surface area contributed by atoms with Crippen LogP contribution < -0.4 is 31.3 Å². The smallest absolute Gasteiger partial charge is 0.297 e. The number of allylic oxidation sites excluding steroid dienone is 4. The van der Waals surface area contributed by atoms with Crippen LogP contribution in [0.2, 0.25) is 0 Å². The third-order valence-electron chi connectivity index (χ3n) is 22.1. The molecule has 82 heavy (non-hydrogen) atoms. The van der Waals surface area contributed by atoms with Gasteiger partial charge in [0.2, 0.25) is 0 Å². The fourth-order valence-corrected chi connectivity index (χ4v) is 16.0. The summed E-state index contributed by atoms with van der Waals surface area (Å²) >= 11 is 0. The van der Waals surface area contributed by atoms with Gasteiger partial charge < -0.3 is 19.1 Å². The quantitative estimate of drug-likeness (QED) is 0.127. The average molecular weight is 1080 g/mol. The molecule has 422 valence electrons. The topological polar surface area (TPSA) is 22.9 Å². The van der Waals surface area contributed by atoms with E-state index in [0.717, 1.165) is 66.1 Å². The van der Waals surface area contributed by atoms with Gasteiger partial charge in [0.05, 0.1) is 28.4 Å². The summed E-state index contributed by atoms with van der Waals surface area (Å²) in [6, 6.07) is 41.0. The van der Waals surface area contributed by atoms with E-state index in [2.05, 4.69) is 262 Å². The average Bonchev–Trinajstić information content (AvgIpc) is 1.44. The highest BCUT2D eigenvalue weighted by Crippen LogP contribution is 2.58. The first-order valence-corrected chi connectivity index (χ1v) is 31.0. The molecule has 0 radical (unpaired) electrons. The summed E-state index contributed by atoms with van der Waals surface area (Å²) in [5, 5.41) is 1.17. The Kier molecular flexibility index (Phi) is 11.7. The van der Waals surface area contributed by atoms with E-state index in [9.17, 15) is 0 Å². The van der Waals surface area contributed by atoms with Crippen molar-refractivity contribution in [2.45, 2.75) is 203 Å². The highest BCUT2D eigenvalue weighted by Gasteiger charge is 2.51. The molecule has 0 atom stereocenters. The summed E-state index contributed by atoms with van der Waals surface area (Å²) in [5.41, 5.74) is 28.6. The van der Waals surface area contributed by atoms with Gasteiger partial charge in [0.15, 0.2) is 0 Å². The standard InChI is InChI=1S/C77H90BN3O/c1-21-49(40-54-47(3)71(7,8)32-33-72(54,9)10)80-64-41-50(79-60-28-24-22-26-52(60)77(19,20)53-27-23-25-29-61(53)79)42-65-67(64)78(69-68(80)51-43-56-58(45-66(51)82-69)76(17,18)37-35-74(56,13)14)59-39-48(70(4,5)6)30-31-62(59)81(65)63-44-57-55(38-46(63)2)73(11,12)34-36-75(57,15)16/h21-31,38-45H,1,32-37H2,2-20H3/b49-40+. The Morgan fingerprint density at radius 2 is 1.05 bits per heavy atom. The number of benzene rings is 6. The summed E-state index contributed by atoms with van der Waals surface area (Å²) in [5.74, 6) is 0. The van der Waals surface area contributed by atoms with Gasteiger partial charge in [-0.05, 0) is 212 Å². The molecule has 0 spiro atoms. The van der Waals surface area contributed by atoms with Crippen molar-refractivity contribution in [2.24, 2.45) is 10.8 Å². The van der Waals surface area contributed by atoms with Gasteiger partial charge in [-0.3, -0.25) is 0 Å². The summed E-state index contributed by atoms with van der Waals surface area (Å²) in [4.78, 5) is 7.90. The Bertz CT molecular complexity index is 3920. The van der Waals surface area contributed by atoms with Crippen molar-refractivity contribution in [3.05, 3.63) is 183 Å². The van der Waals surface area contributed by atoms with Crippen LogP contribution in [-0.2, 0) is 32.5 Å². The normalized spacial score (nSPS) is 21.0. The third-order valence-corrected chi connectivity index (χ3v) is 22.1. The molecule has 0 saturated heterocycles. The Labute approximate surface area is 492 Å². The number of para-hydroxylation sites is 2. The van der Waals surface area contributed by atoms with Crippen LogP contribution in [0.25, 0.3) is 11.0 Å². The molecule has 6 aromatic carbocycles. The molecule has 0 saturated carbocycles. The predicted molar refractivity (Wildman–Crippen MR) is 353 cm³/mol. The van der Waals surface area contributed by atoms with Crippen LogP contribution in [0.5, 0.6) is 0 Å². The minimum absolute atomic E-state index is 0.0000539. The van der Waals surface area contributed by atoms with Gasteiger partial charge in [0.25, 0.3) is 6.71 Å². The van der Waals surface area contributed by atoms with Gasteiger partial charge >= 0.3 is 0 Å². The molecular weight excluding hydrogens is 994 g/mol. The predicted octanol–water partition coefficient (Wildman–Crippen LogP) is 19.8. The maximum Gasteiger partial charge on any atom is 0.297 e. The fraction of sp³-hybridized carbons (Fsp3) is 0.429. The van der Waals surface area contributed by atoms with Gasteiger partial charge in [-0.1, -0.05) is 184 Å². The van der Waals surface area contributed by atoms with Crippen molar-refractivity contribution >= 4 is 79.8 Å². The number of fused-ring (bicyclic) bond motifs is 10. The third kappa shape index (κ3) is 7.89. The SMILES string of the molecule is C=C/C(=C\C1=C(C)C(C)(C)CCC1(C)C)N1c2cc(N3c4ccccc4C(C)(C)c4ccccc43)cc3c2B(c2cc(C(C)(C)C)ccc2N3c2cc3c(cc2C)C(C)(C)CCC3(C)C)c2oc3cc4c(cc3c21)C(C)(C)CCC4(C)C. The number of anilines is 8. The first-order valence-electron chi connectivity index (χ1n) is 31.0. The van der Waals surface area contributed by atoms with E-state index < -0.39 is 0 Å². The number of furan rings is 1. The number of nitrogens with zero attached hydrogens (tertiary/aromatic N) is 3. The molecule has 1 aromatic heterocycles. The van der Waals surface area contributed by atoms with Crippen LogP contribution in [0.4, 0.5) is 45.5 Å². The molecule has 3 aliphatic carbocycles. The number of rotatable bonds is 5. The minimum Gasteiger partial charge on any atom is -0.468 e. The molecule has 6 aliphatic rings. The Hall–Kier alpha value is -6.46. The minimum atomic E-state index is -0.227. The van der Waals surface area contributed by atoms with E-state index in [0.29, 0.717) is 0 Å². The molecule has 3 aliphatic heterocycles. The van der Waals surface area contributed by atoms with Gasteiger partial charge in [-0.25, -0.2) is 0 Å². The van der Waals surface area contributed by atoms with Crippen molar-refractivity contribution in [2.75, 3.05) is 14.7 Å². The van der Waals surface area contributed by atoms with Gasteiger partial charge in [0, 0.05) is 39.2 Å². The lowest BCUT2D eigenvalue weighted by atomic mass is 9.35. The van der Waals surface area contributed by atoms with E-state index >= 15 is 0 Å². The summed E-state index contributed by atoms with van der Waals surface area (Å²) in [6.07, 6.45) is 11.5. The zero-order valence-corrected chi connectivity index (χ0v) is 53.2. The molecule has 0 N–H and O–H groups in total. The molecule has 5 heteroatoms. The molecule has 4 heterocycles. The molecule has 0 bridgehead atoms. The highest BCUT2D eigenvalue weighted by molar-refractivity contribution is 7.00. The maximum atomic E-state index is 7.87. The number of hydrogen-bond donors (Lipinski definition) is 0. The molecule has 0 amide bonds. The largest absolute Gasteiger partial charge is 0.468 e. The van der Waals surface area contributed by atoms with Crippen molar-refractivity contribution in [1.29, 1.82) is 0 Å². The zero-order valence-electron chi connectivity index (χ0n) is 53.2. The van der Waals surface area contributed by atoms with Crippen molar-refractivity contribution in [3.8, 4) is 0 Å². The Morgan fingerprint density at radius 1 is 0.524 bits per heavy atom. The van der Waals surface area contributed by atoms with Crippen LogP contribution in [-0.4, -0.2) is 6.71 Å². The lowest BCUT2D eigenvalue weighted by molar-refractivity contribution is 0.267. The monoisotopic (exact) mass is 1080 g/mol. The molecule has 0 unspecified atom stereocenters. The van der Waals surface area contributed by atoms with E-state index in [1.165, 1.54) is 107 Å². The van der Waals surface area contributed by atoms with E-state index in [1.807, 2.05) is 0 Å². The molecule has 7 aromatic rings. The number of aryl methyl sites for hydroxylation is 1. The second-order valence-corrected chi connectivity index (χ2v) is 31.5. The van der Waals surface area contributed by atoms with Crippen molar-refractivity contribution < 1.29 is 4.42 Å². The van der Waals surface area contributed by atoms with Crippen LogP contribution in [0.1, 0.15) is 208 Å². The molecule has 4 nitrogen and oxygen atoms in total. The Balaban J connectivity index is 1.22. The van der Waals surface area contributed by atoms with Crippen LogP contribution in [0.15, 0.2) is 143 Å². The Morgan fingerprint density at radius 3 is 1.63 bits per heavy atom. The second kappa shape index (κ2) is 17.6. The van der Waals surface area contributed by atoms with E-state index in [-0.39, 0.29) is 50.0 Å². The zero-order chi connectivity index (χ0) is 58.6. The second-order valence-electron chi connectivity index (χ2n) is 31.5. The van der Waals surface area contributed by atoms with Crippen LogP contribution in [0.3, 0.4) is 0 Å². The number of hydrogen-bond acceptors (Lipinski definition) is 4. The molecule has 13 rings (SSSR count). The molecular formula is C77H90BN3O. The van der Waals surface area contributed by atoms with Crippen molar-refractivity contribution in [3.63, 3.8) is 0 Å². The van der Waals surface area contributed by atoms with E-state index in [4.69, 9.17) is 11.0 Å². The molecule has 0 fully saturated rings. The summed E-state index contributed by atoms with van der Waals surface area (Å²) in [6.45, 7) is 50.7. The van der Waals surface area contributed by atoms with Gasteiger partial charge in [0.1, 0.15) is 5.58 Å². The van der Waals surface area contributed by atoms with Gasteiger partial charge in [-0.2, -0.15) is 0 Å². The summed E-state index contributed by atoms with van der Waals surface area (Å²) in [7, 11) is 0. The lowest BCUT2D eigenvalue weighted by Crippen LogP contribution is -2.61. The van der Waals surface area contributed by atoms with Gasteiger partial charge in [-0.15, -0.1) is 0 Å². The fourth-order valence-electron chi connectivity index (χ4n) is 16.0. The maximum absolute atomic E-state index is 7.87. The first kappa shape index (κ1) is 54.8. The van der Waals surface area contributed by atoms with Crippen LogP contribution in [0, 0.1) is 17.8 Å². The first-order chi connectivity index (χ1) is 38.3. The highest BCUT2D eigenvalue weighted by atomic mass is 16.3. The van der Waals surface area contributed by atoms with E-state index in [1.54, 1.807) is 0 Å².